The molecule has 0 aliphatic rings. The summed E-state index contributed by atoms with van der Waals surface area (Å²) in [4.78, 5) is 11.1. The number of carbonyl (C=O) groups is 1. The molecule has 12 heavy (non-hydrogen) atoms. The third kappa shape index (κ3) is 1.44. The lowest BCUT2D eigenvalue weighted by molar-refractivity contribution is 0.0507. The number of carbonyl (C=O) groups excluding carboxylic acids is 1. The third-order valence-corrected chi connectivity index (χ3v) is 1.55. The molecule has 1 rings (SSSR count). The highest BCUT2D eigenvalue weighted by Crippen LogP contribution is 1.99. The van der Waals surface area contributed by atoms with Gasteiger partial charge in [-0.15, -0.1) is 10.2 Å². The molecular weight excluding hydrogens is 158 g/mol. The largest absolute Gasteiger partial charge is 0.460 e. The van der Waals surface area contributed by atoms with Crippen LogP contribution in [0.1, 0.15) is 23.4 Å². The molecule has 0 aliphatic heterocycles. The fraction of sp³-hybridized carbons (Fsp3) is 0.571. The van der Waals surface area contributed by atoms with Gasteiger partial charge >= 0.3 is 5.97 Å². The van der Waals surface area contributed by atoms with E-state index in [0.717, 1.165) is 0 Å². The van der Waals surface area contributed by atoms with Crippen molar-refractivity contribution in [1.82, 2.24) is 14.8 Å². The Morgan fingerprint density at radius 3 is 2.67 bits per heavy atom. The molecule has 0 fully saturated rings. The first kappa shape index (κ1) is 8.70. The molecule has 0 N–H and O–H groups in total. The van der Waals surface area contributed by atoms with Crippen molar-refractivity contribution in [2.45, 2.75) is 13.8 Å². The predicted octanol–water partition coefficient (Wildman–Crippen LogP) is 0.300. The lowest BCUT2D eigenvalue weighted by atomic mass is 10.6. The highest BCUT2D eigenvalue weighted by Gasteiger charge is 2.14. The number of hydrogen-bond donors (Lipinski definition) is 0. The Kier molecular flexibility index (Phi) is 2.42. The van der Waals surface area contributed by atoms with Crippen LogP contribution in [0.4, 0.5) is 0 Å². The maximum atomic E-state index is 11.1. The standard InChI is InChI=1S/C7H11N3O2/c1-4-12-7(11)6-9-8-5(2)10(6)3/h4H2,1-3H3. The van der Waals surface area contributed by atoms with Gasteiger partial charge in [-0.05, 0) is 13.8 Å². The van der Waals surface area contributed by atoms with E-state index in [1.807, 2.05) is 0 Å². The average Bonchev–Trinajstić information content (AvgIpc) is 2.34. The van der Waals surface area contributed by atoms with Gasteiger partial charge in [-0.3, -0.25) is 0 Å². The van der Waals surface area contributed by atoms with Gasteiger partial charge in [-0.2, -0.15) is 0 Å². The molecule has 0 saturated heterocycles. The van der Waals surface area contributed by atoms with E-state index in [-0.39, 0.29) is 5.82 Å². The summed E-state index contributed by atoms with van der Waals surface area (Å²) in [7, 11) is 1.72. The van der Waals surface area contributed by atoms with Crippen molar-refractivity contribution >= 4 is 5.97 Å². The zero-order chi connectivity index (χ0) is 9.14. The SMILES string of the molecule is CCOC(=O)c1nnc(C)n1C. The first-order valence-electron chi connectivity index (χ1n) is 3.70. The quantitative estimate of drug-likeness (QED) is 0.597. The minimum absolute atomic E-state index is 0.245. The van der Waals surface area contributed by atoms with Crippen molar-refractivity contribution in [1.29, 1.82) is 0 Å². The lowest BCUT2D eigenvalue weighted by Crippen LogP contribution is -2.11. The van der Waals surface area contributed by atoms with Crippen LogP contribution in [0.25, 0.3) is 0 Å². The maximum Gasteiger partial charge on any atom is 0.376 e. The topological polar surface area (TPSA) is 57.0 Å². The normalized spacial score (nSPS) is 9.92. The summed E-state index contributed by atoms with van der Waals surface area (Å²) in [5, 5.41) is 7.40. The van der Waals surface area contributed by atoms with Crippen LogP contribution >= 0.6 is 0 Å². The monoisotopic (exact) mass is 169 g/mol. The molecule has 1 aromatic rings. The Morgan fingerprint density at radius 1 is 1.58 bits per heavy atom. The van der Waals surface area contributed by atoms with Gasteiger partial charge in [0.1, 0.15) is 5.82 Å². The minimum atomic E-state index is -0.430. The van der Waals surface area contributed by atoms with E-state index in [1.165, 1.54) is 0 Å². The molecular formula is C7H11N3O2. The highest BCUT2D eigenvalue weighted by molar-refractivity contribution is 5.85. The molecule has 0 amide bonds. The van der Waals surface area contributed by atoms with E-state index in [9.17, 15) is 4.79 Å². The van der Waals surface area contributed by atoms with Gasteiger partial charge in [0, 0.05) is 7.05 Å². The first-order chi connectivity index (χ1) is 5.66. The van der Waals surface area contributed by atoms with Gasteiger partial charge in [-0.1, -0.05) is 0 Å². The summed E-state index contributed by atoms with van der Waals surface area (Å²) >= 11 is 0. The number of hydrogen-bond acceptors (Lipinski definition) is 4. The Balaban J connectivity index is 2.88. The molecule has 1 heterocycles. The van der Waals surface area contributed by atoms with Gasteiger partial charge in [0.2, 0.25) is 5.82 Å². The third-order valence-electron chi connectivity index (χ3n) is 1.55. The zero-order valence-corrected chi connectivity index (χ0v) is 7.37. The fourth-order valence-corrected chi connectivity index (χ4v) is 0.781. The Labute approximate surface area is 70.4 Å². The van der Waals surface area contributed by atoms with E-state index >= 15 is 0 Å². The number of esters is 1. The second kappa shape index (κ2) is 3.34. The van der Waals surface area contributed by atoms with Crippen molar-refractivity contribution in [3.63, 3.8) is 0 Å². The van der Waals surface area contributed by atoms with Crippen molar-refractivity contribution in [2.24, 2.45) is 7.05 Å². The number of ether oxygens (including phenoxy) is 1. The predicted molar refractivity (Wildman–Crippen MR) is 41.7 cm³/mol. The van der Waals surface area contributed by atoms with E-state index in [4.69, 9.17) is 4.74 Å². The summed E-state index contributed by atoms with van der Waals surface area (Å²) in [6.07, 6.45) is 0. The molecule has 1 aromatic heterocycles. The summed E-state index contributed by atoms with van der Waals surface area (Å²) in [5.74, 6) is 0.507. The van der Waals surface area contributed by atoms with Crippen LogP contribution in [-0.2, 0) is 11.8 Å². The molecule has 66 valence electrons. The van der Waals surface area contributed by atoms with Crippen LogP contribution in [0.2, 0.25) is 0 Å². The van der Waals surface area contributed by atoms with Crippen LogP contribution in [0.15, 0.2) is 0 Å². The number of aryl methyl sites for hydroxylation is 1. The van der Waals surface area contributed by atoms with E-state index in [2.05, 4.69) is 10.2 Å². The van der Waals surface area contributed by atoms with Crippen LogP contribution in [-0.4, -0.2) is 27.3 Å². The first-order valence-corrected chi connectivity index (χ1v) is 3.70. The number of rotatable bonds is 2. The van der Waals surface area contributed by atoms with Crippen LogP contribution in [0.3, 0.4) is 0 Å². The van der Waals surface area contributed by atoms with E-state index in [1.54, 1.807) is 25.5 Å². The van der Waals surface area contributed by atoms with Crippen molar-refractivity contribution in [3.8, 4) is 0 Å². The summed E-state index contributed by atoms with van der Waals surface area (Å²) in [6.45, 7) is 3.88. The molecule has 0 unspecified atom stereocenters. The van der Waals surface area contributed by atoms with Crippen LogP contribution in [0, 0.1) is 6.92 Å². The van der Waals surface area contributed by atoms with Crippen LogP contribution in [0.5, 0.6) is 0 Å². The summed E-state index contributed by atoms with van der Waals surface area (Å²) < 4.78 is 6.36. The molecule has 5 heteroatoms. The van der Waals surface area contributed by atoms with Crippen molar-refractivity contribution in [3.05, 3.63) is 11.6 Å². The molecule has 0 spiro atoms. The highest BCUT2D eigenvalue weighted by atomic mass is 16.5. The molecule has 0 saturated carbocycles. The molecule has 0 atom stereocenters. The van der Waals surface area contributed by atoms with Crippen LogP contribution < -0.4 is 0 Å². The Hall–Kier alpha value is -1.39. The number of aromatic nitrogens is 3. The van der Waals surface area contributed by atoms with Gasteiger partial charge in [-0.25, -0.2) is 4.79 Å². The van der Waals surface area contributed by atoms with Crippen molar-refractivity contribution < 1.29 is 9.53 Å². The average molecular weight is 169 g/mol. The molecule has 0 radical (unpaired) electrons. The second-order valence-electron chi connectivity index (χ2n) is 2.35. The van der Waals surface area contributed by atoms with Crippen molar-refractivity contribution in [2.75, 3.05) is 6.61 Å². The van der Waals surface area contributed by atoms with Gasteiger partial charge in [0.25, 0.3) is 0 Å². The smallest absolute Gasteiger partial charge is 0.376 e. The zero-order valence-electron chi connectivity index (χ0n) is 7.37. The molecule has 0 aliphatic carbocycles. The summed E-state index contributed by atoms with van der Waals surface area (Å²) in [6, 6.07) is 0. The van der Waals surface area contributed by atoms with Gasteiger partial charge in [0.15, 0.2) is 0 Å². The molecule has 5 nitrogen and oxygen atoms in total. The van der Waals surface area contributed by atoms with Gasteiger partial charge in [0.05, 0.1) is 6.61 Å². The Morgan fingerprint density at radius 2 is 2.25 bits per heavy atom. The second-order valence-corrected chi connectivity index (χ2v) is 2.35. The van der Waals surface area contributed by atoms with E-state index in [0.29, 0.717) is 12.4 Å². The van der Waals surface area contributed by atoms with E-state index < -0.39 is 5.97 Å². The molecule has 0 aromatic carbocycles. The molecule has 0 bridgehead atoms. The lowest BCUT2D eigenvalue weighted by Gasteiger charge is -2.00. The maximum absolute atomic E-state index is 11.1. The Bertz CT molecular complexity index is 293. The minimum Gasteiger partial charge on any atom is -0.460 e. The van der Waals surface area contributed by atoms with Gasteiger partial charge < -0.3 is 9.30 Å². The fourth-order valence-electron chi connectivity index (χ4n) is 0.781. The summed E-state index contributed by atoms with van der Waals surface area (Å²) in [5.41, 5.74) is 0. The number of nitrogens with zero attached hydrogens (tertiary/aromatic N) is 3.